The van der Waals surface area contributed by atoms with Crippen LogP contribution < -0.4 is 9.47 Å². The Morgan fingerprint density at radius 2 is 1.90 bits per heavy atom. The summed E-state index contributed by atoms with van der Waals surface area (Å²) in [6, 6.07) is 4.32. The zero-order chi connectivity index (χ0) is 21.7. The maximum Gasteiger partial charge on any atom is 0.573 e. The molecule has 0 saturated heterocycles. The van der Waals surface area contributed by atoms with Crippen LogP contribution >= 0.6 is 0 Å². The standard InChI is InChI=1S/C21H24F3NO5/c1-28-20(27)18(10-14-6-3-2-4-7-14)25-13-17(12-19(25)26)29-15-8-5-9-16(11-15)30-21(22,23)24/h5,8-9,11-12,14,18H,2-4,6-7,10,13H2,1H3. The predicted molar refractivity (Wildman–Crippen MR) is 101 cm³/mol. The summed E-state index contributed by atoms with van der Waals surface area (Å²) in [5.74, 6) is -0.618. The first-order valence-electron chi connectivity index (χ1n) is 9.88. The lowest BCUT2D eigenvalue weighted by Gasteiger charge is -2.30. The van der Waals surface area contributed by atoms with Gasteiger partial charge in [0.2, 0.25) is 0 Å². The van der Waals surface area contributed by atoms with E-state index in [2.05, 4.69) is 4.74 Å². The lowest BCUT2D eigenvalue weighted by molar-refractivity contribution is -0.274. The van der Waals surface area contributed by atoms with Gasteiger partial charge in [-0.2, -0.15) is 0 Å². The van der Waals surface area contributed by atoms with Crippen LogP contribution in [-0.4, -0.2) is 42.8 Å². The highest BCUT2D eigenvalue weighted by atomic mass is 19.4. The molecule has 3 rings (SSSR count). The van der Waals surface area contributed by atoms with Crippen molar-refractivity contribution >= 4 is 11.9 Å². The molecule has 30 heavy (non-hydrogen) atoms. The summed E-state index contributed by atoms with van der Waals surface area (Å²) in [5, 5.41) is 0. The molecule has 1 aromatic rings. The van der Waals surface area contributed by atoms with Crippen LogP contribution in [0.4, 0.5) is 13.2 Å². The molecule has 1 heterocycles. The normalized spacial score (nSPS) is 18.7. The molecule has 0 radical (unpaired) electrons. The van der Waals surface area contributed by atoms with Crippen molar-refractivity contribution in [2.24, 2.45) is 5.92 Å². The molecule has 0 spiro atoms. The second-order valence-corrected chi connectivity index (χ2v) is 7.48. The van der Waals surface area contributed by atoms with Crippen LogP contribution in [0, 0.1) is 5.92 Å². The lowest BCUT2D eigenvalue weighted by atomic mass is 9.84. The van der Waals surface area contributed by atoms with Crippen molar-refractivity contribution in [2.45, 2.75) is 50.9 Å². The Labute approximate surface area is 172 Å². The molecule has 0 aromatic heterocycles. The van der Waals surface area contributed by atoms with Gasteiger partial charge in [0.15, 0.2) is 0 Å². The Hall–Kier alpha value is -2.71. The van der Waals surface area contributed by atoms with Crippen molar-refractivity contribution in [1.29, 1.82) is 0 Å². The summed E-state index contributed by atoms with van der Waals surface area (Å²) in [6.07, 6.45) is 2.37. The molecule has 1 unspecified atom stereocenters. The van der Waals surface area contributed by atoms with Crippen LogP contribution in [0.3, 0.4) is 0 Å². The number of hydrogen-bond donors (Lipinski definition) is 0. The molecule has 1 atom stereocenters. The number of carbonyl (C=O) groups is 2. The number of halogens is 3. The lowest BCUT2D eigenvalue weighted by Crippen LogP contribution is -2.44. The van der Waals surface area contributed by atoms with Crippen LogP contribution in [-0.2, 0) is 14.3 Å². The van der Waals surface area contributed by atoms with E-state index in [-0.39, 0.29) is 24.0 Å². The number of carbonyl (C=O) groups excluding carboxylic acids is 2. The summed E-state index contributed by atoms with van der Waals surface area (Å²) in [5.41, 5.74) is 0. The number of benzene rings is 1. The molecular formula is C21H24F3NO5. The predicted octanol–water partition coefficient (Wildman–Crippen LogP) is 4.20. The minimum absolute atomic E-state index is 0.0374. The zero-order valence-corrected chi connectivity index (χ0v) is 16.6. The van der Waals surface area contributed by atoms with Gasteiger partial charge in [0, 0.05) is 12.1 Å². The summed E-state index contributed by atoms with van der Waals surface area (Å²) < 4.78 is 51.6. The molecule has 0 bridgehead atoms. The quantitative estimate of drug-likeness (QED) is 0.611. The average molecular weight is 427 g/mol. The van der Waals surface area contributed by atoms with Crippen molar-refractivity contribution < 1.29 is 37.0 Å². The van der Waals surface area contributed by atoms with Gasteiger partial charge in [-0.1, -0.05) is 38.2 Å². The number of amides is 1. The molecule has 0 N–H and O–H groups in total. The van der Waals surface area contributed by atoms with Gasteiger partial charge >= 0.3 is 12.3 Å². The summed E-state index contributed by atoms with van der Waals surface area (Å²) in [7, 11) is 1.29. The maximum atomic E-state index is 12.5. The van der Waals surface area contributed by atoms with Gasteiger partial charge in [0.25, 0.3) is 5.91 Å². The molecule has 1 aliphatic carbocycles. The molecule has 1 saturated carbocycles. The monoisotopic (exact) mass is 427 g/mol. The molecule has 6 nitrogen and oxygen atoms in total. The van der Waals surface area contributed by atoms with E-state index in [1.54, 1.807) is 0 Å². The number of ether oxygens (including phenoxy) is 3. The number of hydrogen-bond acceptors (Lipinski definition) is 5. The van der Waals surface area contributed by atoms with Gasteiger partial charge < -0.3 is 19.1 Å². The molecule has 1 fully saturated rings. The van der Waals surface area contributed by atoms with Crippen molar-refractivity contribution in [3.05, 3.63) is 36.1 Å². The smallest absolute Gasteiger partial charge is 0.467 e. The van der Waals surface area contributed by atoms with E-state index >= 15 is 0 Å². The maximum absolute atomic E-state index is 12.5. The van der Waals surface area contributed by atoms with Crippen LogP contribution in [0.1, 0.15) is 38.5 Å². The fourth-order valence-corrected chi connectivity index (χ4v) is 3.95. The van der Waals surface area contributed by atoms with Crippen LogP contribution in [0.25, 0.3) is 0 Å². The Kier molecular flexibility index (Phi) is 6.89. The van der Waals surface area contributed by atoms with Crippen LogP contribution in [0.5, 0.6) is 11.5 Å². The molecule has 1 aromatic carbocycles. The molecule has 2 aliphatic rings. The average Bonchev–Trinajstić information content (AvgIpc) is 3.05. The largest absolute Gasteiger partial charge is 0.573 e. The van der Waals surface area contributed by atoms with Crippen molar-refractivity contribution in [3.8, 4) is 11.5 Å². The fourth-order valence-electron chi connectivity index (χ4n) is 3.95. The van der Waals surface area contributed by atoms with E-state index in [1.165, 1.54) is 36.6 Å². The van der Waals surface area contributed by atoms with E-state index in [0.29, 0.717) is 12.3 Å². The second-order valence-electron chi connectivity index (χ2n) is 7.48. The van der Waals surface area contributed by atoms with Crippen molar-refractivity contribution in [1.82, 2.24) is 4.90 Å². The summed E-state index contributed by atoms with van der Waals surface area (Å²) in [6.45, 7) is 0.0374. The van der Waals surface area contributed by atoms with Crippen LogP contribution in [0.15, 0.2) is 36.1 Å². The van der Waals surface area contributed by atoms with Crippen molar-refractivity contribution in [3.63, 3.8) is 0 Å². The first kappa shape index (κ1) is 22.0. The van der Waals surface area contributed by atoms with E-state index in [0.717, 1.165) is 37.8 Å². The first-order valence-corrected chi connectivity index (χ1v) is 9.88. The third-order valence-electron chi connectivity index (χ3n) is 5.31. The Bertz CT molecular complexity index is 802. The molecule has 1 amide bonds. The number of nitrogens with zero attached hydrogens (tertiary/aromatic N) is 1. The van der Waals surface area contributed by atoms with E-state index in [9.17, 15) is 22.8 Å². The third-order valence-corrected chi connectivity index (χ3v) is 5.31. The Balaban J connectivity index is 1.67. The van der Waals surface area contributed by atoms with Crippen molar-refractivity contribution in [2.75, 3.05) is 13.7 Å². The van der Waals surface area contributed by atoms with Gasteiger partial charge in [-0.25, -0.2) is 4.79 Å². The van der Waals surface area contributed by atoms with E-state index in [4.69, 9.17) is 9.47 Å². The highest BCUT2D eigenvalue weighted by Crippen LogP contribution is 2.31. The van der Waals surface area contributed by atoms with Gasteiger partial charge in [-0.15, -0.1) is 13.2 Å². The minimum atomic E-state index is -4.81. The van der Waals surface area contributed by atoms with E-state index in [1.807, 2.05) is 0 Å². The number of esters is 1. The van der Waals surface area contributed by atoms with Gasteiger partial charge in [0.1, 0.15) is 23.3 Å². The Morgan fingerprint density at radius 3 is 2.57 bits per heavy atom. The van der Waals surface area contributed by atoms with E-state index < -0.39 is 24.1 Å². The molecule has 9 heteroatoms. The number of alkyl halides is 3. The highest BCUT2D eigenvalue weighted by Gasteiger charge is 2.37. The third kappa shape index (κ3) is 5.90. The van der Waals surface area contributed by atoms with Gasteiger partial charge in [0.05, 0.1) is 13.7 Å². The zero-order valence-electron chi connectivity index (χ0n) is 16.6. The highest BCUT2D eigenvalue weighted by molar-refractivity contribution is 5.94. The second kappa shape index (κ2) is 9.40. The number of rotatable bonds is 7. The molecular weight excluding hydrogens is 403 g/mol. The minimum Gasteiger partial charge on any atom is -0.467 e. The SMILES string of the molecule is COC(=O)C(CC1CCCCC1)N1CC(Oc2cccc(OC(F)(F)F)c2)=CC1=O. The van der Waals surface area contributed by atoms with Crippen LogP contribution in [0.2, 0.25) is 0 Å². The molecule has 1 aliphatic heterocycles. The van der Waals surface area contributed by atoms with Gasteiger partial charge in [-0.05, 0) is 24.5 Å². The fraction of sp³-hybridized carbons (Fsp3) is 0.524. The van der Waals surface area contributed by atoms with Gasteiger partial charge in [-0.3, -0.25) is 4.79 Å². The summed E-state index contributed by atoms with van der Waals surface area (Å²) in [4.78, 5) is 26.3. The summed E-state index contributed by atoms with van der Waals surface area (Å²) >= 11 is 0. The molecule has 164 valence electrons. The number of methoxy groups -OCH3 is 1. The first-order chi connectivity index (χ1) is 14.2. The topological polar surface area (TPSA) is 65.1 Å². The Morgan fingerprint density at radius 1 is 1.20 bits per heavy atom.